The molecule has 0 spiro atoms. The lowest BCUT2D eigenvalue weighted by Crippen LogP contribution is -2.23. The van der Waals surface area contributed by atoms with E-state index in [1.165, 1.54) is 11.3 Å². The van der Waals surface area contributed by atoms with Crippen LogP contribution in [0.4, 0.5) is 5.69 Å². The number of nitrogens with zero attached hydrogens (tertiary/aromatic N) is 2. The third-order valence-electron chi connectivity index (χ3n) is 2.73. The molecule has 20 heavy (non-hydrogen) atoms. The van der Waals surface area contributed by atoms with Crippen molar-refractivity contribution in [1.29, 1.82) is 0 Å². The maximum Gasteiger partial charge on any atom is 0.275 e. The largest absolute Gasteiger partial charge is 0.349 e. The Hall–Kier alpha value is -2.21. The number of carbonyl (C=O) groups is 2. The fourth-order valence-corrected chi connectivity index (χ4v) is 2.09. The van der Waals surface area contributed by atoms with E-state index in [1.807, 2.05) is 12.1 Å². The monoisotopic (exact) mass is 289 g/mol. The minimum absolute atomic E-state index is 0.0456. The van der Waals surface area contributed by atoms with Crippen LogP contribution < -0.4 is 5.32 Å². The first-order chi connectivity index (χ1) is 9.56. The van der Waals surface area contributed by atoms with Crippen molar-refractivity contribution < 1.29 is 9.59 Å². The van der Waals surface area contributed by atoms with E-state index in [-0.39, 0.29) is 11.8 Å². The van der Waals surface area contributed by atoms with E-state index in [0.717, 1.165) is 5.56 Å². The Morgan fingerprint density at radius 3 is 2.50 bits per heavy atom. The smallest absolute Gasteiger partial charge is 0.275 e. The topological polar surface area (TPSA) is 62.3 Å². The van der Waals surface area contributed by atoms with Gasteiger partial charge >= 0.3 is 0 Å². The summed E-state index contributed by atoms with van der Waals surface area (Å²) < 4.78 is 0. The minimum Gasteiger partial charge on any atom is -0.349 e. The number of carbonyl (C=O) groups excluding carboxylic acids is 2. The summed E-state index contributed by atoms with van der Waals surface area (Å²) in [6, 6.07) is 7.22. The number of aromatic nitrogens is 1. The predicted octanol–water partition coefficient (Wildman–Crippen LogP) is 2.03. The molecule has 6 heteroatoms. The second-order valence-electron chi connectivity index (χ2n) is 4.49. The third-order valence-corrected chi connectivity index (χ3v) is 3.32. The Bertz CT molecular complexity index is 591. The summed E-state index contributed by atoms with van der Waals surface area (Å²) in [5, 5.41) is 4.45. The van der Waals surface area contributed by atoms with E-state index in [0.29, 0.717) is 17.8 Å². The van der Waals surface area contributed by atoms with Crippen molar-refractivity contribution in [3.05, 3.63) is 46.4 Å². The number of hydrogen-bond donors (Lipinski definition) is 1. The van der Waals surface area contributed by atoms with Crippen molar-refractivity contribution in [2.45, 2.75) is 6.42 Å². The van der Waals surface area contributed by atoms with Crippen LogP contribution in [0.2, 0.25) is 0 Å². The van der Waals surface area contributed by atoms with Gasteiger partial charge in [0.1, 0.15) is 5.69 Å². The highest BCUT2D eigenvalue weighted by Gasteiger charge is 2.09. The SMILES string of the molecule is CN(C)C(=O)Cc1ccc(NC(=O)c2cscn2)cc1. The summed E-state index contributed by atoms with van der Waals surface area (Å²) in [6.07, 6.45) is 0.354. The van der Waals surface area contributed by atoms with Crippen LogP contribution in [0.3, 0.4) is 0 Å². The summed E-state index contributed by atoms with van der Waals surface area (Å²) in [4.78, 5) is 28.9. The maximum absolute atomic E-state index is 11.8. The molecule has 0 atom stereocenters. The van der Waals surface area contributed by atoms with Crippen LogP contribution in [0.1, 0.15) is 16.1 Å². The van der Waals surface area contributed by atoms with Crippen LogP contribution in [0.25, 0.3) is 0 Å². The Balaban J connectivity index is 1.98. The van der Waals surface area contributed by atoms with Crippen LogP contribution in [0.15, 0.2) is 35.2 Å². The van der Waals surface area contributed by atoms with Crippen molar-refractivity contribution >= 4 is 28.8 Å². The van der Waals surface area contributed by atoms with E-state index in [9.17, 15) is 9.59 Å². The molecule has 0 radical (unpaired) electrons. The van der Waals surface area contributed by atoms with E-state index < -0.39 is 0 Å². The summed E-state index contributed by atoms with van der Waals surface area (Å²) in [5.74, 6) is -0.187. The molecule has 0 unspecified atom stereocenters. The van der Waals surface area contributed by atoms with Crippen molar-refractivity contribution in [2.75, 3.05) is 19.4 Å². The molecule has 0 saturated carbocycles. The zero-order valence-corrected chi connectivity index (χ0v) is 12.1. The Morgan fingerprint density at radius 2 is 1.95 bits per heavy atom. The van der Waals surface area contributed by atoms with Crippen LogP contribution in [-0.4, -0.2) is 35.8 Å². The van der Waals surface area contributed by atoms with Gasteiger partial charge in [-0.15, -0.1) is 11.3 Å². The third kappa shape index (κ3) is 3.64. The second kappa shape index (κ2) is 6.29. The molecule has 0 saturated heterocycles. The summed E-state index contributed by atoms with van der Waals surface area (Å²) in [7, 11) is 3.45. The molecular weight excluding hydrogens is 274 g/mol. The number of thiazole rings is 1. The lowest BCUT2D eigenvalue weighted by Gasteiger charge is -2.10. The number of likely N-dealkylation sites (N-methyl/N-ethyl adjacent to an activating group) is 1. The summed E-state index contributed by atoms with van der Waals surface area (Å²) >= 11 is 1.38. The van der Waals surface area contributed by atoms with Crippen LogP contribution >= 0.6 is 11.3 Å². The normalized spacial score (nSPS) is 10.1. The molecule has 0 fully saturated rings. The van der Waals surface area contributed by atoms with Gasteiger partial charge in [-0.25, -0.2) is 4.98 Å². The first kappa shape index (κ1) is 14.2. The van der Waals surface area contributed by atoms with Crippen molar-refractivity contribution in [2.24, 2.45) is 0 Å². The molecule has 2 aromatic rings. The standard InChI is InChI=1S/C14H15N3O2S/c1-17(2)13(18)7-10-3-5-11(6-4-10)16-14(19)12-8-20-9-15-12/h3-6,8-9H,7H2,1-2H3,(H,16,19). The minimum atomic E-state index is -0.233. The van der Waals surface area contributed by atoms with E-state index in [2.05, 4.69) is 10.3 Å². The lowest BCUT2D eigenvalue weighted by atomic mass is 10.1. The highest BCUT2D eigenvalue weighted by Crippen LogP contribution is 2.12. The van der Waals surface area contributed by atoms with Crippen LogP contribution in [0, 0.1) is 0 Å². The van der Waals surface area contributed by atoms with Gasteiger partial charge in [0.25, 0.3) is 5.91 Å². The van der Waals surface area contributed by atoms with Crippen LogP contribution in [0.5, 0.6) is 0 Å². The first-order valence-electron chi connectivity index (χ1n) is 6.05. The van der Waals surface area contributed by atoms with Gasteiger partial charge in [-0.2, -0.15) is 0 Å². The van der Waals surface area contributed by atoms with Gasteiger partial charge in [-0.1, -0.05) is 12.1 Å². The van der Waals surface area contributed by atoms with Gasteiger partial charge in [0.15, 0.2) is 0 Å². The molecule has 0 aliphatic rings. The molecule has 0 aliphatic carbocycles. The summed E-state index contributed by atoms with van der Waals surface area (Å²) in [6.45, 7) is 0. The molecule has 0 aliphatic heterocycles. The molecule has 104 valence electrons. The van der Waals surface area contributed by atoms with Crippen LogP contribution in [-0.2, 0) is 11.2 Å². The number of hydrogen-bond acceptors (Lipinski definition) is 4. The van der Waals surface area contributed by atoms with Crippen molar-refractivity contribution in [3.8, 4) is 0 Å². The highest BCUT2D eigenvalue weighted by molar-refractivity contribution is 7.07. The molecule has 1 heterocycles. The summed E-state index contributed by atoms with van der Waals surface area (Å²) in [5.41, 5.74) is 3.62. The van der Waals surface area contributed by atoms with Crippen molar-refractivity contribution in [3.63, 3.8) is 0 Å². The molecule has 2 rings (SSSR count). The highest BCUT2D eigenvalue weighted by atomic mass is 32.1. The lowest BCUT2D eigenvalue weighted by molar-refractivity contribution is -0.127. The van der Waals surface area contributed by atoms with E-state index in [1.54, 1.807) is 42.0 Å². The molecule has 2 amide bonds. The number of amides is 2. The zero-order chi connectivity index (χ0) is 14.5. The van der Waals surface area contributed by atoms with Crippen molar-refractivity contribution in [1.82, 2.24) is 9.88 Å². The zero-order valence-electron chi connectivity index (χ0n) is 11.3. The van der Waals surface area contributed by atoms with E-state index in [4.69, 9.17) is 0 Å². The fraction of sp³-hybridized carbons (Fsp3) is 0.214. The Morgan fingerprint density at radius 1 is 1.25 bits per heavy atom. The number of anilines is 1. The van der Waals surface area contributed by atoms with Gasteiger partial charge in [0.2, 0.25) is 5.91 Å². The quantitative estimate of drug-likeness (QED) is 0.936. The van der Waals surface area contributed by atoms with Gasteiger partial charge in [0.05, 0.1) is 11.9 Å². The Kier molecular flexibility index (Phi) is 4.47. The molecule has 1 aromatic carbocycles. The molecule has 0 bridgehead atoms. The van der Waals surface area contributed by atoms with Gasteiger partial charge < -0.3 is 10.2 Å². The maximum atomic E-state index is 11.8. The number of rotatable bonds is 4. The molecular formula is C14H15N3O2S. The molecule has 5 nitrogen and oxygen atoms in total. The average molecular weight is 289 g/mol. The van der Waals surface area contributed by atoms with E-state index >= 15 is 0 Å². The number of benzene rings is 1. The number of nitrogens with one attached hydrogen (secondary N) is 1. The predicted molar refractivity (Wildman–Crippen MR) is 78.9 cm³/mol. The van der Waals surface area contributed by atoms with Gasteiger partial charge in [-0.05, 0) is 17.7 Å². The second-order valence-corrected chi connectivity index (χ2v) is 5.21. The first-order valence-corrected chi connectivity index (χ1v) is 6.99. The fourth-order valence-electron chi connectivity index (χ4n) is 1.56. The molecule has 1 N–H and O–H groups in total. The molecule has 1 aromatic heterocycles. The Labute approximate surface area is 121 Å². The van der Waals surface area contributed by atoms with Gasteiger partial charge in [0, 0.05) is 25.2 Å². The van der Waals surface area contributed by atoms with Gasteiger partial charge in [-0.3, -0.25) is 9.59 Å². The average Bonchev–Trinajstić information content (AvgIpc) is 2.95.